The van der Waals surface area contributed by atoms with Gasteiger partial charge in [-0.3, -0.25) is 0 Å². The molecule has 5 nitrogen and oxygen atoms in total. The molecule has 0 atom stereocenters. The Morgan fingerprint density at radius 2 is 1.62 bits per heavy atom. The number of benzene rings is 2. The quantitative estimate of drug-likeness (QED) is 0.905. The minimum absolute atomic E-state index is 0.286. The van der Waals surface area contributed by atoms with Crippen LogP contribution in [0.15, 0.2) is 60.5 Å². The van der Waals surface area contributed by atoms with E-state index in [1.807, 2.05) is 37.4 Å². The monoisotopic (exact) mass is 282 g/mol. The van der Waals surface area contributed by atoms with Crippen LogP contribution < -0.4 is 10.6 Å². The first-order chi connectivity index (χ1) is 10.1. The van der Waals surface area contributed by atoms with Gasteiger partial charge in [-0.2, -0.15) is 0 Å². The van der Waals surface area contributed by atoms with Crippen molar-refractivity contribution in [1.82, 2.24) is 5.59 Å². The van der Waals surface area contributed by atoms with E-state index in [4.69, 9.17) is 9.94 Å². The maximum absolute atomic E-state index is 10.8. The Morgan fingerprint density at radius 1 is 1.05 bits per heavy atom. The number of hydrazine groups is 1. The number of anilines is 1. The van der Waals surface area contributed by atoms with Gasteiger partial charge in [0.05, 0.1) is 17.5 Å². The van der Waals surface area contributed by atoms with E-state index in [1.54, 1.807) is 29.3 Å². The van der Waals surface area contributed by atoms with Crippen molar-refractivity contribution in [3.63, 3.8) is 0 Å². The molecule has 2 N–H and O–H groups in total. The van der Waals surface area contributed by atoms with E-state index in [0.717, 1.165) is 22.6 Å². The van der Waals surface area contributed by atoms with E-state index in [2.05, 4.69) is 5.59 Å². The summed E-state index contributed by atoms with van der Waals surface area (Å²) in [5.41, 5.74) is 6.02. The number of carboxylic acid groups (broad SMARTS) is 1. The van der Waals surface area contributed by atoms with Gasteiger partial charge in [0.1, 0.15) is 5.76 Å². The van der Waals surface area contributed by atoms with Crippen LogP contribution in [0, 0.1) is 0 Å². The minimum atomic E-state index is -0.917. The smallest absolute Gasteiger partial charge is 0.335 e. The summed E-state index contributed by atoms with van der Waals surface area (Å²) in [5.74, 6) is -0.123. The van der Waals surface area contributed by atoms with Crippen LogP contribution in [0.1, 0.15) is 17.3 Å². The van der Waals surface area contributed by atoms with Crippen molar-refractivity contribution in [2.24, 2.45) is 0 Å². The van der Waals surface area contributed by atoms with Gasteiger partial charge in [0.25, 0.3) is 0 Å². The molecule has 2 aromatic carbocycles. The summed E-state index contributed by atoms with van der Waals surface area (Å²) in [4.78, 5) is 16.0. The van der Waals surface area contributed by atoms with Crippen molar-refractivity contribution in [3.05, 3.63) is 66.1 Å². The highest BCUT2D eigenvalue weighted by atomic mass is 16.7. The average molecular weight is 282 g/mol. The van der Waals surface area contributed by atoms with Crippen molar-refractivity contribution >= 4 is 11.7 Å². The second-order valence-corrected chi connectivity index (χ2v) is 4.73. The van der Waals surface area contributed by atoms with E-state index < -0.39 is 5.97 Å². The normalized spacial score (nSPS) is 13.8. The molecule has 0 bridgehead atoms. The Hall–Kier alpha value is -2.79. The molecule has 0 saturated carbocycles. The van der Waals surface area contributed by atoms with Gasteiger partial charge in [0.15, 0.2) is 0 Å². The maximum atomic E-state index is 10.8. The van der Waals surface area contributed by atoms with Gasteiger partial charge in [-0.1, -0.05) is 29.9 Å². The highest BCUT2D eigenvalue weighted by Gasteiger charge is 2.11. The molecule has 0 fully saturated rings. The third-order valence-electron chi connectivity index (χ3n) is 3.23. The minimum Gasteiger partial charge on any atom is -0.478 e. The number of carboxylic acids is 1. The molecule has 0 amide bonds. The Labute approximate surface area is 122 Å². The first-order valence-electron chi connectivity index (χ1n) is 6.47. The molecule has 1 aliphatic heterocycles. The molecule has 0 saturated heterocycles. The molecule has 106 valence electrons. The van der Waals surface area contributed by atoms with E-state index in [-0.39, 0.29) is 5.56 Å². The molecular weight excluding hydrogens is 268 g/mol. The summed E-state index contributed by atoms with van der Waals surface area (Å²) in [6.07, 6.45) is 1.86. The number of carbonyl (C=O) groups is 1. The lowest BCUT2D eigenvalue weighted by molar-refractivity contribution is 0.0697. The third-order valence-corrected chi connectivity index (χ3v) is 3.23. The van der Waals surface area contributed by atoms with Gasteiger partial charge < -0.3 is 9.94 Å². The summed E-state index contributed by atoms with van der Waals surface area (Å²) >= 11 is 0. The summed E-state index contributed by atoms with van der Waals surface area (Å²) < 4.78 is 0. The van der Waals surface area contributed by atoms with Gasteiger partial charge in [0.2, 0.25) is 0 Å². The van der Waals surface area contributed by atoms with Gasteiger partial charge in [-0.05, 0) is 42.3 Å². The van der Waals surface area contributed by atoms with Crippen molar-refractivity contribution in [2.45, 2.75) is 6.92 Å². The molecule has 5 heteroatoms. The Kier molecular flexibility index (Phi) is 3.33. The summed E-state index contributed by atoms with van der Waals surface area (Å²) in [6.45, 7) is 1.87. The molecular formula is C16H14N2O3. The number of hydrogen-bond acceptors (Lipinski definition) is 4. The number of nitrogens with one attached hydrogen (secondary N) is 1. The Balaban J connectivity index is 1.82. The molecule has 0 radical (unpaired) electrons. The van der Waals surface area contributed by atoms with Crippen LogP contribution in [0.5, 0.6) is 0 Å². The average Bonchev–Trinajstić information content (AvgIpc) is 2.94. The van der Waals surface area contributed by atoms with E-state index in [1.165, 1.54) is 0 Å². The van der Waals surface area contributed by atoms with Crippen LogP contribution in [0.25, 0.3) is 11.1 Å². The second-order valence-electron chi connectivity index (χ2n) is 4.73. The fourth-order valence-corrected chi connectivity index (χ4v) is 2.10. The molecule has 0 unspecified atom stereocenters. The Bertz CT molecular complexity index is 690. The lowest BCUT2D eigenvalue weighted by Gasteiger charge is -2.14. The number of allylic oxidation sites excluding steroid dienone is 1. The lowest BCUT2D eigenvalue weighted by Crippen LogP contribution is -2.26. The van der Waals surface area contributed by atoms with Crippen LogP contribution >= 0.6 is 0 Å². The van der Waals surface area contributed by atoms with E-state index >= 15 is 0 Å². The van der Waals surface area contributed by atoms with Gasteiger partial charge in [-0.15, -0.1) is 0 Å². The number of nitrogens with zero attached hydrogens (tertiary/aromatic N) is 1. The van der Waals surface area contributed by atoms with E-state index in [0.29, 0.717) is 0 Å². The zero-order chi connectivity index (χ0) is 14.8. The lowest BCUT2D eigenvalue weighted by atomic mass is 10.0. The molecule has 0 aliphatic carbocycles. The first-order valence-corrected chi connectivity index (χ1v) is 6.47. The van der Waals surface area contributed by atoms with Crippen LogP contribution in [-0.4, -0.2) is 11.1 Å². The first kappa shape index (κ1) is 13.2. The highest BCUT2D eigenvalue weighted by Crippen LogP contribution is 2.24. The summed E-state index contributed by atoms with van der Waals surface area (Å²) in [6, 6.07) is 14.7. The topological polar surface area (TPSA) is 61.8 Å². The molecule has 0 aromatic heterocycles. The van der Waals surface area contributed by atoms with Crippen molar-refractivity contribution < 1.29 is 14.7 Å². The predicted octanol–water partition coefficient (Wildman–Crippen LogP) is 3.17. The number of aromatic carboxylic acids is 1. The van der Waals surface area contributed by atoms with Gasteiger partial charge >= 0.3 is 5.97 Å². The molecule has 0 spiro atoms. The molecule has 2 aromatic rings. The fraction of sp³-hybridized carbons (Fsp3) is 0.0625. The van der Waals surface area contributed by atoms with Gasteiger partial charge in [-0.25, -0.2) is 9.80 Å². The van der Waals surface area contributed by atoms with Crippen LogP contribution in [-0.2, 0) is 4.84 Å². The summed E-state index contributed by atoms with van der Waals surface area (Å²) in [7, 11) is 0. The fourth-order valence-electron chi connectivity index (χ4n) is 2.10. The van der Waals surface area contributed by atoms with E-state index in [9.17, 15) is 4.79 Å². The third kappa shape index (κ3) is 2.73. The maximum Gasteiger partial charge on any atom is 0.335 e. The van der Waals surface area contributed by atoms with Crippen LogP contribution in [0.3, 0.4) is 0 Å². The second kappa shape index (κ2) is 5.30. The SMILES string of the molecule is CC1=CN(c2ccc(-c3ccc(C(=O)O)cc3)cc2)NO1. The Morgan fingerprint density at radius 3 is 2.10 bits per heavy atom. The molecule has 21 heavy (non-hydrogen) atoms. The zero-order valence-electron chi connectivity index (χ0n) is 11.4. The van der Waals surface area contributed by atoms with Crippen molar-refractivity contribution in [3.8, 4) is 11.1 Å². The van der Waals surface area contributed by atoms with Gasteiger partial charge in [0, 0.05) is 0 Å². The number of rotatable bonds is 3. The van der Waals surface area contributed by atoms with Crippen LogP contribution in [0.4, 0.5) is 5.69 Å². The van der Waals surface area contributed by atoms with Crippen molar-refractivity contribution in [1.29, 1.82) is 0 Å². The number of hydrogen-bond donors (Lipinski definition) is 2. The largest absolute Gasteiger partial charge is 0.478 e. The molecule has 1 heterocycles. The van der Waals surface area contributed by atoms with Crippen LogP contribution in [0.2, 0.25) is 0 Å². The zero-order valence-corrected chi connectivity index (χ0v) is 11.4. The molecule has 3 rings (SSSR count). The van der Waals surface area contributed by atoms with Crippen molar-refractivity contribution in [2.75, 3.05) is 5.01 Å². The highest BCUT2D eigenvalue weighted by molar-refractivity contribution is 5.88. The summed E-state index contributed by atoms with van der Waals surface area (Å²) in [5, 5.41) is 10.7. The molecule has 1 aliphatic rings. The predicted molar refractivity (Wildman–Crippen MR) is 79.3 cm³/mol. The standard InChI is InChI=1S/C16H14N2O3/c1-11-10-18(17-21-11)15-8-6-13(7-9-15)12-2-4-14(5-3-12)16(19)20/h2-10,17H,1H3,(H,19,20).